The Morgan fingerprint density at radius 1 is 1.42 bits per heavy atom. The van der Waals surface area contributed by atoms with Crippen molar-refractivity contribution in [1.29, 1.82) is 0 Å². The zero-order chi connectivity index (χ0) is 17.7. The second-order valence-corrected chi connectivity index (χ2v) is 8.63. The molecule has 0 spiro atoms. The second kappa shape index (κ2) is 5.76. The van der Waals surface area contributed by atoms with Crippen LogP contribution in [0.4, 0.5) is 4.79 Å². The number of aromatic amines is 1. The van der Waals surface area contributed by atoms with E-state index in [1.54, 1.807) is 4.90 Å². The third-order valence-electron chi connectivity index (χ3n) is 4.51. The van der Waals surface area contributed by atoms with Gasteiger partial charge in [0, 0.05) is 11.0 Å². The molecule has 1 fully saturated rings. The fourth-order valence-electron chi connectivity index (χ4n) is 3.32. The largest absolute Gasteiger partial charge is 0.444 e. The minimum atomic E-state index is -0.504. The number of hydrogen-bond donors (Lipinski definition) is 1. The maximum atomic E-state index is 12.6. The monoisotopic (exact) mass is 393 g/mol. The third-order valence-corrected chi connectivity index (χ3v) is 4.96. The third kappa shape index (κ3) is 3.04. The predicted octanol–water partition coefficient (Wildman–Crippen LogP) is 4.88. The topological polar surface area (TPSA) is 58.2 Å². The van der Waals surface area contributed by atoms with E-state index in [-0.39, 0.29) is 6.09 Å². The summed E-state index contributed by atoms with van der Waals surface area (Å²) in [5, 5.41) is 0. The Morgan fingerprint density at radius 3 is 2.79 bits per heavy atom. The van der Waals surface area contributed by atoms with Gasteiger partial charge in [0.05, 0.1) is 11.0 Å². The molecule has 2 heterocycles. The Morgan fingerprint density at radius 2 is 2.12 bits per heavy atom. The number of imidazole rings is 1. The lowest BCUT2D eigenvalue weighted by Gasteiger charge is -2.34. The van der Waals surface area contributed by atoms with Crippen molar-refractivity contribution in [3.05, 3.63) is 28.0 Å². The number of H-pyrrole nitrogens is 1. The fourth-order valence-corrected chi connectivity index (χ4v) is 3.89. The highest BCUT2D eigenvalue weighted by Crippen LogP contribution is 2.39. The first-order valence-electron chi connectivity index (χ1n) is 8.27. The highest BCUT2D eigenvalue weighted by Gasteiger charge is 2.45. The Bertz CT molecular complexity index is 793. The van der Waals surface area contributed by atoms with E-state index < -0.39 is 11.1 Å². The number of fused-ring (bicyclic) bond motifs is 1. The van der Waals surface area contributed by atoms with Crippen LogP contribution in [-0.4, -0.2) is 33.1 Å². The van der Waals surface area contributed by atoms with Gasteiger partial charge in [0.15, 0.2) is 0 Å². The number of hydrogen-bond acceptors (Lipinski definition) is 3. The number of carbonyl (C=O) groups is 1. The summed E-state index contributed by atoms with van der Waals surface area (Å²) in [6.45, 7) is 10.5. The van der Waals surface area contributed by atoms with Gasteiger partial charge < -0.3 is 9.72 Å². The molecule has 2 aromatic rings. The molecule has 1 aliphatic heterocycles. The maximum absolute atomic E-state index is 12.6. The molecule has 1 saturated heterocycles. The standard InChI is InChI=1S/C18H24BrN3O2/c1-11-9-12(19)10-13-14(11)21-15(20-13)18(5)7-6-8-22(18)16(23)24-17(2,3)4/h9-10H,6-8H2,1-5H3,(H,20,21)/t18-/m0/s1. The van der Waals surface area contributed by atoms with Crippen molar-refractivity contribution >= 4 is 33.1 Å². The quantitative estimate of drug-likeness (QED) is 0.750. The van der Waals surface area contributed by atoms with Crippen LogP contribution in [0.1, 0.15) is 51.9 Å². The Kier molecular flexibility index (Phi) is 4.14. The fraction of sp³-hybridized carbons (Fsp3) is 0.556. The molecule has 0 radical (unpaired) electrons. The zero-order valence-corrected chi connectivity index (χ0v) is 16.5. The second-order valence-electron chi connectivity index (χ2n) is 7.71. The van der Waals surface area contributed by atoms with Gasteiger partial charge in [-0.3, -0.25) is 4.90 Å². The van der Waals surface area contributed by atoms with Gasteiger partial charge in [0.1, 0.15) is 17.0 Å². The van der Waals surface area contributed by atoms with E-state index in [0.717, 1.165) is 39.7 Å². The van der Waals surface area contributed by atoms with Crippen LogP contribution in [0.25, 0.3) is 11.0 Å². The van der Waals surface area contributed by atoms with E-state index >= 15 is 0 Å². The molecule has 0 unspecified atom stereocenters. The van der Waals surface area contributed by atoms with Gasteiger partial charge in [-0.15, -0.1) is 0 Å². The first kappa shape index (κ1) is 17.3. The van der Waals surface area contributed by atoms with Crippen LogP contribution < -0.4 is 0 Å². The molecule has 0 saturated carbocycles. The minimum Gasteiger partial charge on any atom is -0.444 e. The van der Waals surface area contributed by atoms with Crippen molar-refractivity contribution in [1.82, 2.24) is 14.9 Å². The average molecular weight is 394 g/mol. The van der Waals surface area contributed by atoms with Gasteiger partial charge in [0.2, 0.25) is 0 Å². The molecule has 24 heavy (non-hydrogen) atoms. The Labute approximate surface area is 150 Å². The summed E-state index contributed by atoms with van der Waals surface area (Å²) >= 11 is 3.53. The molecular formula is C18H24BrN3O2. The molecule has 130 valence electrons. The molecular weight excluding hydrogens is 370 g/mol. The number of likely N-dealkylation sites (tertiary alicyclic amines) is 1. The van der Waals surface area contributed by atoms with Crippen LogP contribution in [0.2, 0.25) is 0 Å². The number of benzene rings is 1. The number of rotatable bonds is 1. The van der Waals surface area contributed by atoms with Crippen LogP contribution in [0.15, 0.2) is 16.6 Å². The number of ether oxygens (including phenoxy) is 1. The van der Waals surface area contributed by atoms with Crippen LogP contribution in [0.5, 0.6) is 0 Å². The lowest BCUT2D eigenvalue weighted by Crippen LogP contribution is -2.46. The van der Waals surface area contributed by atoms with E-state index in [1.807, 2.05) is 33.8 Å². The van der Waals surface area contributed by atoms with E-state index in [1.165, 1.54) is 0 Å². The number of halogens is 1. The van der Waals surface area contributed by atoms with Crippen LogP contribution >= 0.6 is 15.9 Å². The summed E-state index contributed by atoms with van der Waals surface area (Å²) in [4.78, 5) is 22.7. The zero-order valence-electron chi connectivity index (χ0n) is 14.9. The maximum Gasteiger partial charge on any atom is 0.411 e. The normalized spacial score (nSPS) is 21.5. The number of aromatic nitrogens is 2. The van der Waals surface area contributed by atoms with Crippen molar-refractivity contribution in [2.75, 3.05) is 6.54 Å². The summed E-state index contributed by atoms with van der Waals surface area (Å²) in [5.41, 5.74) is 2.06. The summed E-state index contributed by atoms with van der Waals surface area (Å²) in [7, 11) is 0. The molecule has 0 aliphatic carbocycles. The van der Waals surface area contributed by atoms with Gasteiger partial charge in [0.25, 0.3) is 0 Å². The number of nitrogens with zero attached hydrogens (tertiary/aromatic N) is 2. The van der Waals surface area contributed by atoms with Gasteiger partial charge in [-0.1, -0.05) is 15.9 Å². The number of aryl methyl sites for hydroxylation is 1. The van der Waals surface area contributed by atoms with Gasteiger partial charge in [-0.2, -0.15) is 0 Å². The van der Waals surface area contributed by atoms with Crippen molar-refractivity contribution < 1.29 is 9.53 Å². The van der Waals surface area contributed by atoms with Crippen molar-refractivity contribution in [3.8, 4) is 0 Å². The van der Waals surface area contributed by atoms with Gasteiger partial charge >= 0.3 is 6.09 Å². The summed E-state index contributed by atoms with van der Waals surface area (Å²) in [6, 6.07) is 4.07. The molecule has 1 atom stereocenters. The molecule has 1 amide bonds. The molecule has 1 aromatic heterocycles. The Balaban J connectivity index is 2.00. The Hall–Kier alpha value is -1.56. The van der Waals surface area contributed by atoms with Gasteiger partial charge in [-0.25, -0.2) is 9.78 Å². The van der Waals surface area contributed by atoms with Crippen molar-refractivity contribution in [2.45, 2.75) is 58.6 Å². The highest BCUT2D eigenvalue weighted by molar-refractivity contribution is 9.10. The molecule has 6 heteroatoms. The van der Waals surface area contributed by atoms with E-state index in [0.29, 0.717) is 6.54 Å². The summed E-state index contributed by atoms with van der Waals surface area (Å²) < 4.78 is 6.61. The number of nitrogens with one attached hydrogen (secondary N) is 1. The molecule has 1 N–H and O–H groups in total. The molecule has 1 aromatic carbocycles. The van der Waals surface area contributed by atoms with Crippen molar-refractivity contribution in [2.24, 2.45) is 0 Å². The molecule has 1 aliphatic rings. The van der Waals surface area contributed by atoms with Crippen molar-refractivity contribution in [3.63, 3.8) is 0 Å². The summed E-state index contributed by atoms with van der Waals surface area (Å²) in [6.07, 6.45) is 1.53. The molecule has 3 rings (SSSR count). The van der Waals surface area contributed by atoms with E-state index in [9.17, 15) is 4.79 Å². The smallest absolute Gasteiger partial charge is 0.411 e. The van der Waals surface area contributed by atoms with E-state index in [2.05, 4.69) is 33.9 Å². The first-order chi connectivity index (χ1) is 11.1. The number of carbonyl (C=O) groups excluding carboxylic acids is 1. The highest BCUT2D eigenvalue weighted by atomic mass is 79.9. The summed E-state index contributed by atoms with van der Waals surface area (Å²) in [5.74, 6) is 0.821. The lowest BCUT2D eigenvalue weighted by atomic mass is 9.98. The molecule has 5 nitrogen and oxygen atoms in total. The number of amides is 1. The predicted molar refractivity (Wildman–Crippen MR) is 98.1 cm³/mol. The van der Waals surface area contributed by atoms with Crippen LogP contribution in [-0.2, 0) is 10.3 Å². The minimum absolute atomic E-state index is 0.277. The molecule has 0 bridgehead atoms. The van der Waals surface area contributed by atoms with Crippen LogP contribution in [0, 0.1) is 6.92 Å². The average Bonchev–Trinajstić information content (AvgIpc) is 3.01. The SMILES string of the molecule is Cc1cc(Br)cc2[nH]c([C@]3(C)CCCN3C(=O)OC(C)(C)C)nc12. The first-order valence-corrected chi connectivity index (χ1v) is 9.06. The van der Waals surface area contributed by atoms with Crippen LogP contribution in [0.3, 0.4) is 0 Å². The van der Waals surface area contributed by atoms with Gasteiger partial charge in [-0.05, 0) is 65.2 Å². The van der Waals surface area contributed by atoms with E-state index in [4.69, 9.17) is 9.72 Å². The lowest BCUT2D eigenvalue weighted by molar-refractivity contribution is 0.00870.